The molecule has 0 saturated carbocycles. The number of carbonyl (C=O) groups excluding carboxylic acids is 1. The number of anilines is 2. The summed E-state index contributed by atoms with van der Waals surface area (Å²) in [4.78, 5) is 14.5. The maximum absolute atomic E-state index is 12.3. The van der Waals surface area contributed by atoms with Crippen molar-refractivity contribution in [3.63, 3.8) is 0 Å². The number of hydrogen-bond donors (Lipinski definition) is 1. The molecule has 6 heteroatoms. The molecule has 2 aromatic carbocycles. The first-order chi connectivity index (χ1) is 13.3. The second-order valence-corrected chi connectivity index (χ2v) is 6.28. The van der Waals surface area contributed by atoms with E-state index in [1.165, 1.54) is 0 Å². The lowest BCUT2D eigenvalue weighted by Gasteiger charge is -2.27. The number of hydrogen-bond acceptors (Lipinski definition) is 5. The van der Waals surface area contributed by atoms with Crippen molar-refractivity contribution in [1.82, 2.24) is 10.2 Å². The van der Waals surface area contributed by atoms with E-state index >= 15 is 0 Å². The maximum atomic E-state index is 12.3. The molecule has 1 amide bonds. The molecule has 0 aliphatic carbocycles. The van der Waals surface area contributed by atoms with Gasteiger partial charge in [-0.05, 0) is 36.4 Å². The molecule has 1 aliphatic heterocycles. The molecule has 2 heterocycles. The fraction of sp³-hybridized carbons (Fsp3) is 0.190. The summed E-state index contributed by atoms with van der Waals surface area (Å²) in [7, 11) is 0. The van der Waals surface area contributed by atoms with Gasteiger partial charge in [0.1, 0.15) is 0 Å². The lowest BCUT2D eigenvalue weighted by atomic mass is 10.1. The molecule has 0 radical (unpaired) electrons. The quantitative estimate of drug-likeness (QED) is 0.774. The molecular weight excluding hydrogens is 340 g/mol. The Kier molecular flexibility index (Phi) is 5.07. The lowest BCUT2D eigenvalue weighted by Crippen LogP contribution is -2.36. The summed E-state index contributed by atoms with van der Waals surface area (Å²) in [5, 5.41) is 11.6. The average Bonchev–Trinajstić information content (AvgIpc) is 2.75. The monoisotopic (exact) mass is 360 g/mol. The molecule has 3 aromatic rings. The number of ether oxygens (including phenoxy) is 1. The first-order valence-corrected chi connectivity index (χ1v) is 8.93. The van der Waals surface area contributed by atoms with Crippen molar-refractivity contribution in [3.8, 4) is 11.3 Å². The lowest BCUT2D eigenvalue weighted by molar-refractivity contribution is 0.102. The Morgan fingerprint density at radius 1 is 0.926 bits per heavy atom. The van der Waals surface area contributed by atoms with Crippen LogP contribution in [0, 0.1) is 0 Å². The molecule has 0 spiro atoms. The summed E-state index contributed by atoms with van der Waals surface area (Å²) in [6.45, 7) is 3.09. The number of aromatic nitrogens is 2. The minimum Gasteiger partial charge on any atom is -0.378 e. The zero-order valence-corrected chi connectivity index (χ0v) is 14.8. The fourth-order valence-corrected chi connectivity index (χ4v) is 2.99. The number of amides is 1. The van der Waals surface area contributed by atoms with Crippen LogP contribution in [-0.2, 0) is 4.74 Å². The van der Waals surface area contributed by atoms with E-state index in [4.69, 9.17) is 4.74 Å². The molecule has 136 valence electrons. The molecule has 1 aromatic heterocycles. The first-order valence-electron chi connectivity index (χ1n) is 8.93. The summed E-state index contributed by atoms with van der Waals surface area (Å²) < 4.78 is 5.37. The third kappa shape index (κ3) is 4.12. The second kappa shape index (κ2) is 7.97. The van der Waals surface area contributed by atoms with Crippen molar-refractivity contribution in [3.05, 3.63) is 72.3 Å². The zero-order chi connectivity index (χ0) is 18.5. The van der Waals surface area contributed by atoms with E-state index in [2.05, 4.69) is 20.4 Å². The molecular formula is C21H20N4O2. The first kappa shape index (κ1) is 17.2. The van der Waals surface area contributed by atoms with E-state index < -0.39 is 0 Å². The third-order valence-electron chi connectivity index (χ3n) is 4.44. The average molecular weight is 360 g/mol. The molecule has 0 unspecified atom stereocenters. The van der Waals surface area contributed by atoms with Crippen LogP contribution in [-0.4, -0.2) is 42.4 Å². The topological polar surface area (TPSA) is 67.4 Å². The van der Waals surface area contributed by atoms with Crippen LogP contribution in [0.5, 0.6) is 0 Å². The Balaban J connectivity index is 1.49. The van der Waals surface area contributed by atoms with Crippen LogP contribution in [0.25, 0.3) is 11.3 Å². The molecule has 0 bridgehead atoms. The van der Waals surface area contributed by atoms with Gasteiger partial charge >= 0.3 is 0 Å². The van der Waals surface area contributed by atoms with E-state index in [0.717, 1.165) is 35.9 Å². The largest absolute Gasteiger partial charge is 0.378 e. The van der Waals surface area contributed by atoms with E-state index in [9.17, 15) is 4.79 Å². The second-order valence-electron chi connectivity index (χ2n) is 6.28. The molecule has 27 heavy (non-hydrogen) atoms. The van der Waals surface area contributed by atoms with Crippen LogP contribution in [0.2, 0.25) is 0 Å². The molecule has 6 nitrogen and oxygen atoms in total. The van der Waals surface area contributed by atoms with E-state index in [1.54, 1.807) is 12.1 Å². The molecule has 1 fully saturated rings. The van der Waals surface area contributed by atoms with Crippen molar-refractivity contribution in [2.75, 3.05) is 36.5 Å². The number of carbonyl (C=O) groups is 1. The molecule has 1 saturated heterocycles. The number of nitrogens with zero attached hydrogens (tertiary/aromatic N) is 3. The number of rotatable bonds is 4. The minimum absolute atomic E-state index is 0.138. The highest BCUT2D eigenvalue weighted by atomic mass is 16.5. The SMILES string of the molecule is O=C(Nc1cccc(-c2ccc(N3CCOCC3)nn2)c1)c1ccccc1. The zero-order valence-electron chi connectivity index (χ0n) is 14.8. The normalized spacial score (nSPS) is 14.0. The van der Waals surface area contributed by atoms with Gasteiger partial charge in [-0.15, -0.1) is 10.2 Å². The highest BCUT2D eigenvalue weighted by Crippen LogP contribution is 2.22. The van der Waals surface area contributed by atoms with Crippen molar-refractivity contribution < 1.29 is 9.53 Å². The van der Waals surface area contributed by atoms with Gasteiger partial charge in [0.2, 0.25) is 0 Å². The van der Waals surface area contributed by atoms with Gasteiger partial charge < -0.3 is 15.0 Å². The summed E-state index contributed by atoms with van der Waals surface area (Å²) in [5.41, 5.74) is 3.02. The molecule has 1 N–H and O–H groups in total. The Hall–Kier alpha value is -3.25. The van der Waals surface area contributed by atoms with Gasteiger partial charge in [-0.3, -0.25) is 4.79 Å². The number of benzene rings is 2. The van der Waals surface area contributed by atoms with E-state index in [1.807, 2.05) is 54.6 Å². The van der Waals surface area contributed by atoms with E-state index in [-0.39, 0.29) is 5.91 Å². The van der Waals surface area contributed by atoms with Gasteiger partial charge in [0.15, 0.2) is 5.82 Å². The number of nitrogens with one attached hydrogen (secondary N) is 1. The van der Waals surface area contributed by atoms with Crippen molar-refractivity contribution >= 4 is 17.4 Å². The molecule has 1 aliphatic rings. The Bertz CT molecular complexity index is 907. The minimum atomic E-state index is -0.138. The van der Waals surface area contributed by atoms with Gasteiger partial charge in [0.05, 0.1) is 18.9 Å². The van der Waals surface area contributed by atoms with Crippen molar-refractivity contribution in [1.29, 1.82) is 0 Å². The Labute approximate surface area is 157 Å². The predicted octanol–water partition coefficient (Wildman–Crippen LogP) is 3.23. The van der Waals surface area contributed by atoms with Crippen molar-refractivity contribution in [2.24, 2.45) is 0 Å². The third-order valence-corrected chi connectivity index (χ3v) is 4.44. The molecule has 0 atom stereocenters. The maximum Gasteiger partial charge on any atom is 0.255 e. The highest BCUT2D eigenvalue weighted by molar-refractivity contribution is 6.04. The van der Waals surface area contributed by atoms with Crippen LogP contribution in [0.1, 0.15) is 10.4 Å². The predicted molar refractivity (Wildman–Crippen MR) is 105 cm³/mol. The number of morpholine rings is 1. The van der Waals surface area contributed by atoms with Crippen LogP contribution in [0.3, 0.4) is 0 Å². The summed E-state index contributed by atoms with van der Waals surface area (Å²) in [5.74, 6) is 0.720. The van der Waals surface area contributed by atoms with Gasteiger partial charge in [-0.1, -0.05) is 30.3 Å². The van der Waals surface area contributed by atoms with Crippen LogP contribution in [0.15, 0.2) is 66.7 Å². The van der Waals surface area contributed by atoms with Crippen LogP contribution < -0.4 is 10.2 Å². The molecule has 4 rings (SSSR count). The van der Waals surface area contributed by atoms with Crippen molar-refractivity contribution in [2.45, 2.75) is 0 Å². The van der Waals surface area contributed by atoms with Gasteiger partial charge in [-0.2, -0.15) is 0 Å². The summed E-state index contributed by atoms with van der Waals surface area (Å²) in [6.07, 6.45) is 0. The van der Waals surface area contributed by atoms with E-state index in [0.29, 0.717) is 18.8 Å². The standard InChI is InChI=1S/C21H20N4O2/c26-21(16-5-2-1-3-6-16)22-18-8-4-7-17(15-18)19-9-10-20(24-23-19)25-11-13-27-14-12-25/h1-10,15H,11-14H2,(H,22,26). The van der Waals surface area contributed by atoms with Gasteiger partial charge in [-0.25, -0.2) is 0 Å². The van der Waals surface area contributed by atoms with Gasteiger partial charge in [0.25, 0.3) is 5.91 Å². The Morgan fingerprint density at radius 3 is 2.48 bits per heavy atom. The highest BCUT2D eigenvalue weighted by Gasteiger charge is 2.13. The summed E-state index contributed by atoms with van der Waals surface area (Å²) in [6, 6.07) is 20.7. The van der Waals surface area contributed by atoms with Crippen LogP contribution >= 0.6 is 0 Å². The fourth-order valence-electron chi connectivity index (χ4n) is 2.99. The summed E-state index contributed by atoms with van der Waals surface area (Å²) >= 11 is 0. The van der Waals surface area contributed by atoms with Gasteiger partial charge in [0, 0.05) is 29.9 Å². The van der Waals surface area contributed by atoms with Crippen LogP contribution in [0.4, 0.5) is 11.5 Å². The Morgan fingerprint density at radius 2 is 1.74 bits per heavy atom. The smallest absolute Gasteiger partial charge is 0.255 e.